The summed E-state index contributed by atoms with van der Waals surface area (Å²) in [4.78, 5) is 29.2. The van der Waals surface area contributed by atoms with Gasteiger partial charge in [-0.05, 0) is 37.5 Å². The molecular formula is C25H31N5O2. The van der Waals surface area contributed by atoms with Gasteiger partial charge in [0, 0.05) is 31.9 Å². The highest BCUT2D eigenvalue weighted by Crippen LogP contribution is 2.22. The maximum atomic E-state index is 12.6. The van der Waals surface area contributed by atoms with E-state index in [0.29, 0.717) is 26.2 Å². The maximum absolute atomic E-state index is 12.6. The second kappa shape index (κ2) is 10.9. The van der Waals surface area contributed by atoms with Gasteiger partial charge < -0.3 is 10.6 Å². The number of piperazine rings is 1. The number of rotatable bonds is 7. The van der Waals surface area contributed by atoms with Crippen LogP contribution in [0.4, 0.5) is 5.69 Å². The third kappa shape index (κ3) is 5.72. The fourth-order valence-electron chi connectivity index (χ4n) is 4.06. The van der Waals surface area contributed by atoms with Crippen LogP contribution in [0.3, 0.4) is 0 Å². The molecule has 2 atom stereocenters. The quantitative estimate of drug-likeness (QED) is 0.701. The summed E-state index contributed by atoms with van der Waals surface area (Å²) in [5, 5.41) is 15.3. The van der Waals surface area contributed by atoms with Gasteiger partial charge in [0.15, 0.2) is 0 Å². The van der Waals surface area contributed by atoms with E-state index in [2.05, 4.69) is 26.5 Å². The molecule has 7 nitrogen and oxygen atoms in total. The van der Waals surface area contributed by atoms with Gasteiger partial charge in [-0.2, -0.15) is 5.26 Å². The zero-order chi connectivity index (χ0) is 23.1. The van der Waals surface area contributed by atoms with Gasteiger partial charge in [0.05, 0.1) is 18.7 Å². The van der Waals surface area contributed by atoms with E-state index in [1.807, 2.05) is 69.3 Å². The monoisotopic (exact) mass is 433 g/mol. The van der Waals surface area contributed by atoms with Crippen molar-refractivity contribution in [2.45, 2.75) is 32.9 Å². The Bertz CT molecular complexity index is 957. The van der Waals surface area contributed by atoms with E-state index in [0.717, 1.165) is 22.4 Å². The third-order valence-corrected chi connectivity index (χ3v) is 6.05. The molecule has 3 rings (SSSR count). The Hall–Kier alpha value is -3.21. The van der Waals surface area contributed by atoms with E-state index in [4.69, 9.17) is 0 Å². The number of nitriles is 1. The van der Waals surface area contributed by atoms with E-state index in [-0.39, 0.29) is 30.4 Å². The molecule has 168 valence electrons. The number of nitrogens with one attached hydrogen (secondary N) is 2. The van der Waals surface area contributed by atoms with Crippen LogP contribution in [-0.2, 0) is 9.59 Å². The molecule has 1 fully saturated rings. The molecule has 0 radical (unpaired) electrons. The Kier molecular flexibility index (Phi) is 7.98. The number of amides is 2. The van der Waals surface area contributed by atoms with Gasteiger partial charge in [-0.25, -0.2) is 0 Å². The molecule has 1 saturated heterocycles. The van der Waals surface area contributed by atoms with Crippen LogP contribution in [0.15, 0.2) is 48.5 Å². The summed E-state index contributed by atoms with van der Waals surface area (Å²) in [5.74, 6) is -0.414. The van der Waals surface area contributed by atoms with Crippen LogP contribution in [0.25, 0.3) is 0 Å². The molecule has 7 heteroatoms. The number of aryl methyl sites for hydroxylation is 2. The molecule has 0 aliphatic carbocycles. The summed E-state index contributed by atoms with van der Waals surface area (Å²) < 4.78 is 0. The predicted octanol–water partition coefficient (Wildman–Crippen LogP) is 2.63. The molecule has 2 aromatic carbocycles. The molecule has 1 aliphatic heterocycles. The van der Waals surface area contributed by atoms with Crippen LogP contribution in [0.5, 0.6) is 0 Å². The van der Waals surface area contributed by atoms with E-state index in [1.54, 1.807) is 0 Å². The van der Waals surface area contributed by atoms with Gasteiger partial charge in [0.25, 0.3) is 0 Å². The Morgan fingerprint density at radius 1 is 0.969 bits per heavy atom. The summed E-state index contributed by atoms with van der Waals surface area (Å²) in [6.45, 7) is 8.46. The van der Waals surface area contributed by atoms with E-state index in [1.165, 1.54) is 0 Å². The first-order chi connectivity index (χ1) is 15.4. The van der Waals surface area contributed by atoms with E-state index in [9.17, 15) is 14.9 Å². The molecule has 0 spiro atoms. The summed E-state index contributed by atoms with van der Waals surface area (Å²) in [6, 6.07) is 17.4. The summed E-state index contributed by atoms with van der Waals surface area (Å²) in [5.41, 5.74) is 3.76. The standard InChI is InChI=1S/C25H31N5O2/c1-18-8-7-9-19(2)24(18)28-23(31)17-27-25(32)20(3)29-12-14-30(15-13-29)22(16-26)21-10-5-4-6-11-21/h4-11,20,22H,12-15,17H2,1-3H3,(H,27,32)(H,28,31). The number of para-hydroxylation sites is 1. The average Bonchev–Trinajstić information content (AvgIpc) is 2.81. The van der Waals surface area contributed by atoms with Crippen LogP contribution >= 0.6 is 0 Å². The van der Waals surface area contributed by atoms with Crippen molar-refractivity contribution >= 4 is 17.5 Å². The first-order valence-corrected chi connectivity index (χ1v) is 11.0. The highest BCUT2D eigenvalue weighted by atomic mass is 16.2. The molecule has 2 unspecified atom stereocenters. The molecule has 0 aromatic heterocycles. The van der Waals surface area contributed by atoms with E-state index >= 15 is 0 Å². The topological polar surface area (TPSA) is 88.5 Å². The largest absolute Gasteiger partial charge is 0.346 e. The minimum absolute atomic E-state index is 0.0680. The van der Waals surface area contributed by atoms with Crippen molar-refractivity contribution in [1.82, 2.24) is 15.1 Å². The lowest BCUT2D eigenvalue weighted by molar-refractivity contribution is -0.128. The first kappa shape index (κ1) is 23.5. The number of nitrogens with zero attached hydrogens (tertiary/aromatic N) is 3. The third-order valence-electron chi connectivity index (χ3n) is 6.05. The zero-order valence-corrected chi connectivity index (χ0v) is 19.0. The number of hydrogen-bond acceptors (Lipinski definition) is 5. The Labute approximate surface area is 190 Å². The van der Waals surface area contributed by atoms with Gasteiger partial charge in [-0.3, -0.25) is 19.4 Å². The number of benzene rings is 2. The van der Waals surface area contributed by atoms with Gasteiger partial charge in [0.1, 0.15) is 6.04 Å². The van der Waals surface area contributed by atoms with Gasteiger partial charge >= 0.3 is 0 Å². The second-order valence-corrected chi connectivity index (χ2v) is 8.22. The second-order valence-electron chi connectivity index (χ2n) is 8.22. The van der Waals surface area contributed by atoms with Crippen LogP contribution in [0, 0.1) is 25.2 Å². The van der Waals surface area contributed by atoms with Gasteiger partial charge in [-0.15, -0.1) is 0 Å². The van der Waals surface area contributed by atoms with Crippen LogP contribution in [0.2, 0.25) is 0 Å². The normalized spacial score (nSPS) is 16.6. The summed E-state index contributed by atoms with van der Waals surface area (Å²) >= 11 is 0. The smallest absolute Gasteiger partial charge is 0.243 e. The molecule has 1 aliphatic rings. The van der Waals surface area contributed by atoms with Crippen molar-refractivity contribution in [3.8, 4) is 6.07 Å². The number of carbonyl (C=O) groups excluding carboxylic acids is 2. The Morgan fingerprint density at radius 3 is 2.16 bits per heavy atom. The van der Waals surface area contributed by atoms with Crippen LogP contribution < -0.4 is 10.6 Å². The summed E-state index contributed by atoms with van der Waals surface area (Å²) in [7, 11) is 0. The predicted molar refractivity (Wildman–Crippen MR) is 125 cm³/mol. The molecular weight excluding hydrogens is 402 g/mol. The number of carbonyl (C=O) groups is 2. The minimum Gasteiger partial charge on any atom is -0.346 e. The molecule has 0 saturated carbocycles. The highest BCUT2D eigenvalue weighted by molar-refractivity contribution is 5.96. The first-order valence-electron chi connectivity index (χ1n) is 11.0. The van der Waals surface area contributed by atoms with E-state index < -0.39 is 0 Å². The lowest BCUT2D eigenvalue weighted by atomic mass is 10.1. The van der Waals surface area contributed by atoms with Crippen molar-refractivity contribution in [2.75, 3.05) is 38.0 Å². The Balaban J connectivity index is 1.47. The van der Waals surface area contributed by atoms with Crippen molar-refractivity contribution in [3.63, 3.8) is 0 Å². The lowest BCUT2D eigenvalue weighted by Crippen LogP contribution is -2.54. The van der Waals surface area contributed by atoms with Crippen LogP contribution in [0.1, 0.15) is 29.7 Å². The van der Waals surface area contributed by atoms with Crippen molar-refractivity contribution in [3.05, 3.63) is 65.2 Å². The molecule has 32 heavy (non-hydrogen) atoms. The fraction of sp³-hybridized carbons (Fsp3) is 0.400. The molecule has 2 amide bonds. The van der Waals surface area contributed by atoms with Crippen molar-refractivity contribution in [2.24, 2.45) is 0 Å². The van der Waals surface area contributed by atoms with Crippen molar-refractivity contribution in [1.29, 1.82) is 5.26 Å². The maximum Gasteiger partial charge on any atom is 0.243 e. The zero-order valence-electron chi connectivity index (χ0n) is 19.0. The molecule has 2 N–H and O–H groups in total. The number of hydrogen-bond donors (Lipinski definition) is 2. The SMILES string of the molecule is Cc1cccc(C)c1NC(=O)CNC(=O)C(C)N1CCN(C(C#N)c2ccccc2)CC1. The summed E-state index contributed by atoms with van der Waals surface area (Å²) in [6.07, 6.45) is 0. The Morgan fingerprint density at radius 2 is 1.56 bits per heavy atom. The molecule has 2 aromatic rings. The average molecular weight is 434 g/mol. The molecule has 1 heterocycles. The van der Waals surface area contributed by atoms with Crippen LogP contribution in [-0.4, -0.2) is 60.4 Å². The minimum atomic E-state index is -0.345. The lowest BCUT2D eigenvalue weighted by Gasteiger charge is -2.39. The van der Waals surface area contributed by atoms with Crippen molar-refractivity contribution < 1.29 is 9.59 Å². The number of anilines is 1. The van der Waals surface area contributed by atoms with Gasteiger partial charge in [-0.1, -0.05) is 48.5 Å². The molecule has 0 bridgehead atoms. The highest BCUT2D eigenvalue weighted by Gasteiger charge is 2.29. The van der Waals surface area contributed by atoms with Gasteiger partial charge in [0.2, 0.25) is 11.8 Å². The fourth-order valence-corrected chi connectivity index (χ4v) is 4.06.